The number of ether oxygens (including phenoxy) is 1. The summed E-state index contributed by atoms with van der Waals surface area (Å²) in [4.78, 5) is 12.9. The fourth-order valence-electron chi connectivity index (χ4n) is 3.76. The van der Waals surface area contributed by atoms with Gasteiger partial charge in [0.25, 0.3) is 0 Å². The third-order valence-corrected chi connectivity index (χ3v) is 6.42. The summed E-state index contributed by atoms with van der Waals surface area (Å²) >= 11 is 0. The highest BCUT2D eigenvalue weighted by Gasteiger charge is 2.35. The van der Waals surface area contributed by atoms with Crippen molar-refractivity contribution in [1.82, 2.24) is 5.32 Å². The van der Waals surface area contributed by atoms with Crippen molar-refractivity contribution in [3.8, 4) is 5.75 Å². The molecule has 1 N–H and O–H groups in total. The topological polar surface area (TPSA) is 75.7 Å². The molecule has 1 aliphatic rings. The molecule has 0 spiro atoms. The van der Waals surface area contributed by atoms with Gasteiger partial charge in [-0.1, -0.05) is 31.2 Å². The van der Waals surface area contributed by atoms with E-state index < -0.39 is 15.6 Å². The fraction of sp³-hybridized carbons (Fsp3) is 0.435. The zero-order valence-corrected chi connectivity index (χ0v) is 19.0. The Morgan fingerprint density at radius 1 is 1.20 bits per heavy atom. The summed E-state index contributed by atoms with van der Waals surface area (Å²) < 4.78 is 32.0. The number of benzene rings is 2. The molecule has 0 bridgehead atoms. The molecule has 1 heterocycles. The van der Waals surface area contributed by atoms with Crippen molar-refractivity contribution in [2.45, 2.75) is 52.2 Å². The van der Waals surface area contributed by atoms with Gasteiger partial charge in [-0.25, -0.2) is 8.42 Å². The van der Waals surface area contributed by atoms with Crippen molar-refractivity contribution in [3.63, 3.8) is 0 Å². The van der Waals surface area contributed by atoms with E-state index in [4.69, 9.17) is 4.74 Å². The van der Waals surface area contributed by atoms with Gasteiger partial charge in [0.15, 0.2) is 0 Å². The summed E-state index contributed by atoms with van der Waals surface area (Å²) in [6.07, 6.45) is 2.57. The maximum Gasteiger partial charge on any atom is 0.241 e. The number of sulfonamides is 1. The molecule has 0 fully saturated rings. The fourth-order valence-corrected chi connectivity index (χ4v) is 4.61. The van der Waals surface area contributed by atoms with E-state index in [-0.39, 0.29) is 18.5 Å². The molecule has 2 aromatic rings. The summed E-state index contributed by atoms with van der Waals surface area (Å²) in [6, 6.07) is 12.9. The van der Waals surface area contributed by atoms with E-state index in [1.54, 1.807) is 12.1 Å². The largest absolute Gasteiger partial charge is 0.487 e. The van der Waals surface area contributed by atoms with Crippen LogP contribution in [0.1, 0.15) is 49.9 Å². The van der Waals surface area contributed by atoms with Crippen LogP contribution in [0.2, 0.25) is 0 Å². The quantitative estimate of drug-likeness (QED) is 0.757. The van der Waals surface area contributed by atoms with Crippen LogP contribution in [0.5, 0.6) is 5.75 Å². The minimum atomic E-state index is -3.61. The van der Waals surface area contributed by atoms with E-state index in [1.165, 1.54) is 0 Å². The van der Waals surface area contributed by atoms with E-state index in [0.29, 0.717) is 12.1 Å². The number of amides is 1. The second-order valence-corrected chi connectivity index (χ2v) is 10.4. The van der Waals surface area contributed by atoms with Crippen LogP contribution in [-0.2, 0) is 21.2 Å². The maximum atomic E-state index is 12.9. The lowest BCUT2D eigenvalue weighted by molar-refractivity contribution is -0.120. The minimum absolute atomic E-state index is 0.249. The zero-order chi connectivity index (χ0) is 22.1. The van der Waals surface area contributed by atoms with Gasteiger partial charge in [0.2, 0.25) is 15.9 Å². The zero-order valence-electron chi connectivity index (χ0n) is 18.2. The Morgan fingerprint density at radius 2 is 1.87 bits per heavy atom. The average Bonchev–Trinajstić information content (AvgIpc) is 2.64. The Kier molecular flexibility index (Phi) is 6.13. The van der Waals surface area contributed by atoms with Crippen molar-refractivity contribution < 1.29 is 17.9 Å². The molecule has 6 nitrogen and oxygen atoms in total. The second kappa shape index (κ2) is 8.30. The second-order valence-electron chi connectivity index (χ2n) is 8.52. The predicted octanol–water partition coefficient (Wildman–Crippen LogP) is 3.74. The van der Waals surface area contributed by atoms with Gasteiger partial charge in [-0.3, -0.25) is 9.10 Å². The Hall–Kier alpha value is -2.54. The van der Waals surface area contributed by atoms with Crippen LogP contribution in [0.4, 0.5) is 5.69 Å². The van der Waals surface area contributed by atoms with Gasteiger partial charge in [-0.2, -0.15) is 0 Å². The first-order chi connectivity index (χ1) is 14.0. The van der Waals surface area contributed by atoms with Gasteiger partial charge in [0.05, 0.1) is 18.0 Å². The molecular formula is C23H30N2O4S. The monoisotopic (exact) mass is 430 g/mol. The van der Waals surface area contributed by atoms with Crippen LogP contribution in [-0.4, -0.2) is 32.7 Å². The molecule has 30 heavy (non-hydrogen) atoms. The lowest BCUT2D eigenvalue weighted by Gasteiger charge is -2.38. The summed E-state index contributed by atoms with van der Waals surface area (Å²) in [5, 5.41) is 3.02. The number of hydrogen-bond acceptors (Lipinski definition) is 4. The molecule has 0 saturated heterocycles. The number of carbonyl (C=O) groups is 1. The van der Waals surface area contributed by atoms with Crippen LogP contribution in [0, 0.1) is 6.92 Å². The summed E-state index contributed by atoms with van der Waals surface area (Å²) in [5.41, 5.74) is 3.13. The maximum absolute atomic E-state index is 12.9. The highest BCUT2D eigenvalue weighted by atomic mass is 32.2. The molecule has 0 saturated carbocycles. The van der Waals surface area contributed by atoms with Crippen LogP contribution < -0.4 is 14.4 Å². The first-order valence-electron chi connectivity index (χ1n) is 10.1. The number of aryl methyl sites for hydroxylation is 2. The normalized spacial score (nSPS) is 17.6. The first-order valence-corrected chi connectivity index (χ1v) is 12.0. The van der Waals surface area contributed by atoms with Crippen LogP contribution in [0.25, 0.3) is 0 Å². The van der Waals surface area contributed by atoms with Crippen molar-refractivity contribution in [3.05, 3.63) is 59.2 Å². The SMILES string of the molecule is CCc1ccc(N(CC(=O)NC2CC(C)(C)Oc3cc(C)ccc32)S(C)(=O)=O)cc1. The molecule has 0 aromatic heterocycles. The number of anilines is 1. The molecule has 1 atom stereocenters. The van der Waals surface area contributed by atoms with Gasteiger partial charge < -0.3 is 10.1 Å². The first kappa shape index (κ1) is 22.2. The van der Waals surface area contributed by atoms with Crippen molar-refractivity contribution in [1.29, 1.82) is 0 Å². The number of nitrogens with zero attached hydrogens (tertiary/aromatic N) is 1. The number of carbonyl (C=O) groups excluding carboxylic acids is 1. The highest BCUT2D eigenvalue weighted by molar-refractivity contribution is 7.92. The molecule has 0 aliphatic carbocycles. The number of nitrogens with one attached hydrogen (secondary N) is 1. The molecule has 2 aromatic carbocycles. The standard InChI is InChI=1S/C23H30N2O4S/c1-6-17-8-10-18(11-9-17)25(30(5,27)28)15-22(26)24-20-14-23(3,4)29-21-13-16(2)7-12-19(20)21/h7-13,20H,6,14-15H2,1-5H3,(H,24,26). The van der Waals surface area contributed by atoms with E-state index in [1.807, 2.05) is 58.0 Å². The van der Waals surface area contributed by atoms with Gasteiger partial charge in [-0.15, -0.1) is 0 Å². The molecule has 3 rings (SSSR count). The van der Waals surface area contributed by atoms with E-state index >= 15 is 0 Å². The molecular weight excluding hydrogens is 400 g/mol. The number of fused-ring (bicyclic) bond motifs is 1. The van der Waals surface area contributed by atoms with Gasteiger partial charge >= 0.3 is 0 Å². The van der Waals surface area contributed by atoms with Crippen molar-refractivity contribution in [2.75, 3.05) is 17.1 Å². The van der Waals surface area contributed by atoms with Crippen molar-refractivity contribution in [2.24, 2.45) is 0 Å². The lowest BCUT2D eigenvalue weighted by Crippen LogP contribution is -2.45. The third kappa shape index (κ3) is 5.14. The third-order valence-electron chi connectivity index (χ3n) is 5.28. The molecule has 162 valence electrons. The van der Waals surface area contributed by atoms with Crippen molar-refractivity contribution >= 4 is 21.6 Å². The molecule has 1 aliphatic heterocycles. The van der Waals surface area contributed by atoms with Gasteiger partial charge in [-0.05, 0) is 56.5 Å². The van der Waals surface area contributed by atoms with Crippen LogP contribution in [0.15, 0.2) is 42.5 Å². The number of rotatable bonds is 6. The average molecular weight is 431 g/mol. The molecule has 1 amide bonds. The lowest BCUT2D eigenvalue weighted by atomic mass is 9.89. The smallest absolute Gasteiger partial charge is 0.241 e. The summed E-state index contributed by atoms with van der Waals surface area (Å²) in [7, 11) is -3.61. The van der Waals surface area contributed by atoms with E-state index in [2.05, 4.69) is 5.32 Å². The predicted molar refractivity (Wildman–Crippen MR) is 119 cm³/mol. The Balaban J connectivity index is 1.82. The minimum Gasteiger partial charge on any atom is -0.487 e. The summed E-state index contributed by atoms with van der Waals surface area (Å²) in [5.74, 6) is 0.404. The van der Waals surface area contributed by atoms with E-state index in [0.717, 1.165) is 39.4 Å². The van der Waals surface area contributed by atoms with Crippen LogP contribution >= 0.6 is 0 Å². The Bertz CT molecular complexity index is 1030. The summed E-state index contributed by atoms with van der Waals surface area (Å²) in [6.45, 7) is 7.71. The van der Waals surface area contributed by atoms with Crippen LogP contribution in [0.3, 0.4) is 0 Å². The molecule has 0 radical (unpaired) electrons. The Labute approximate surface area is 179 Å². The molecule has 7 heteroatoms. The molecule has 1 unspecified atom stereocenters. The van der Waals surface area contributed by atoms with Gasteiger partial charge in [0.1, 0.15) is 17.9 Å². The Morgan fingerprint density at radius 3 is 2.47 bits per heavy atom. The highest BCUT2D eigenvalue weighted by Crippen LogP contribution is 2.39. The number of hydrogen-bond donors (Lipinski definition) is 1. The van der Waals surface area contributed by atoms with Gasteiger partial charge in [0, 0.05) is 12.0 Å². The van der Waals surface area contributed by atoms with E-state index in [9.17, 15) is 13.2 Å².